The normalized spacial score (nSPS) is 12.5. The molecule has 6 nitrogen and oxygen atoms in total. The number of imidazole rings is 1. The van der Waals surface area contributed by atoms with Gasteiger partial charge < -0.3 is 4.57 Å². The highest BCUT2D eigenvalue weighted by molar-refractivity contribution is 9.10. The number of carbonyl (C=O) groups excluding carboxylic acids is 1. The minimum atomic E-state index is -0.0948. The van der Waals surface area contributed by atoms with Crippen LogP contribution in [0.5, 0.6) is 0 Å². The average molecular weight is 372 g/mol. The first kappa shape index (κ1) is 14.3. The first-order valence-corrected chi connectivity index (χ1v) is 8.14. The first-order chi connectivity index (χ1) is 11.1. The quantitative estimate of drug-likeness (QED) is 0.507. The van der Waals surface area contributed by atoms with E-state index in [0.29, 0.717) is 12.2 Å². The molecule has 1 aliphatic rings. The molecule has 2 aromatic heterocycles. The van der Waals surface area contributed by atoms with Crippen LogP contribution < -0.4 is 0 Å². The van der Waals surface area contributed by atoms with Gasteiger partial charge in [0.05, 0.1) is 17.9 Å². The molecule has 0 atom stereocenters. The number of halogens is 1. The number of nitrogens with zero attached hydrogens (tertiary/aromatic N) is 5. The van der Waals surface area contributed by atoms with Gasteiger partial charge in [0, 0.05) is 16.0 Å². The molecule has 23 heavy (non-hydrogen) atoms. The number of hydrogen-bond acceptors (Lipinski definition) is 4. The molecular formula is C16H14BrN5O. The molecule has 0 saturated heterocycles. The van der Waals surface area contributed by atoms with Gasteiger partial charge in [0.15, 0.2) is 11.6 Å². The largest absolute Gasteiger partial charge is 0.307 e. The van der Waals surface area contributed by atoms with E-state index in [1.165, 1.54) is 0 Å². The minimum Gasteiger partial charge on any atom is -0.307 e. The number of Topliss-reactive ketones (excluding diaryl/α,β-unsaturated/α-hetero) is 1. The molecule has 0 amide bonds. The topological polar surface area (TPSA) is 65.6 Å². The van der Waals surface area contributed by atoms with Crippen molar-refractivity contribution in [1.29, 1.82) is 0 Å². The summed E-state index contributed by atoms with van der Waals surface area (Å²) in [6, 6.07) is 5.98. The monoisotopic (exact) mass is 371 g/mol. The molecule has 1 aromatic carbocycles. The number of benzene rings is 1. The lowest BCUT2D eigenvalue weighted by molar-refractivity contribution is 0.0933. The molecule has 0 aliphatic carbocycles. The van der Waals surface area contributed by atoms with E-state index in [0.717, 1.165) is 27.2 Å². The van der Waals surface area contributed by atoms with Crippen molar-refractivity contribution >= 4 is 21.7 Å². The van der Waals surface area contributed by atoms with Gasteiger partial charge in [-0.15, -0.1) is 10.2 Å². The summed E-state index contributed by atoms with van der Waals surface area (Å²) in [5.74, 6) is 0.740. The maximum Gasteiger partial charge on any atom is 0.185 e. The van der Waals surface area contributed by atoms with Gasteiger partial charge in [-0.3, -0.25) is 9.36 Å². The van der Waals surface area contributed by atoms with Crippen LogP contribution in [-0.2, 0) is 6.54 Å². The molecule has 0 radical (unpaired) electrons. The average Bonchev–Trinajstić information content (AvgIpc) is 3.12. The molecule has 0 spiro atoms. The van der Waals surface area contributed by atoms with Gasteiger partial charge in [-0.05, 0) is 18.2 Å². The van der Waals surface area contributed by atoms with Crippen molar-refractivity contribution < 1.29 is 4.79 Å². The summed E-state index contributed by atoms with van der Waals surface area (Å²) in [5.41, 5.74) is 3.29. The predicted molar refractivity (Wildman–Crippen MR) is 88.6 cm³/mol. The SMILES string of the molecule is CC(C)C(=O)c1ncn2c1Cn1cnnc1-c1cc(Br)ccc1-2. The van der Waals surface area contributed by atoms with E-state index in [1.54, 1.807) is 12.7 Å². The van der Waals surface area contributed by atoms with E-state index >= 15 is 0 Å². The van der Waals surface area contributed by atoms with E-state index < -0.39 is 0 Å². The third kappa shape index (κ3) is 2.15. The lowest BCUT2D eigenvalue weighted by atomic mass is 10.0. The van der Waals surface area contributed by atoms with Crippen LogP contribution in [0.25, 0.3) is 17.1 Å². The van der Waals surface area contributed by atoms with Crippen molar-refractivity contribution in [2.75, 3.05) is 0 Å². The van der Waals surface area contributed by atoms with Crippen molar-refractivity contribution in [2.45, 2.75) is 20.4 Å². The molecule has 7 heteroatoms. The number of carbonyl (C=O) groups is 1. The molecular weight excluding hydrogens is 358 g/mol. The maximum absolute atomic E-state index is 12.5. The fourth-order valence-corrected chi connectivity index (χ4v) is 3.21. The molecule has 0 bridgehead atoms. The third-order valence-electron chi connectivity index (χ3n) is 4.02. The van der Waals surface area contributed by atoms with Crippen LogP contribution in [0.1, 0.15) is 30.0 Å². The Labute approximate surface area is 141 Å². The van der Waals surface area contributed by atoms with E-state index in [1.807, 2.05) is 41.2 Å². The van der Waals surface area contributed by atoms with Crippen molar-refractivity contribution in [3.05, 3.63) is 46.7 Å². The molecule has 1 aliphatic heterocycles. The molecule has 0 unspecified atom stereocenters. The fraction of sp³-hybridized carbons (Fsp3) is 0.250. The van der Waals surface area contributed by atoms with Crippen LogP contribution in [0.2, 0.25) is 0 Å². The van der Waals surface area contributed by atoms with Crippen LogP contribution >= 0.6 is 15.9 Å². The van der Waals surface area contributed by atoms with Crippen LogP contribution in [0, 0.1) is 5.92 Å². The van der Waals surface area contributed by atoms with Crippen LogP contribution in [0.4, 0.5) is 0 Å². The summed E-state index contributed by atoms with van der Waals surface area (Å²) in [6.07, 6.45) is 3.41. The van der Waals surface area contributed by atoms with Gasteiger partial charge in [0.1, 0.15) is 18.3 Å². The van der Waals surface area contributed by atoms with Gasteiger partial charge in [-0.25, -0.2) is 4.98 Å². The van der Waals surface area contributed by atoms with E-state index in [9.17, 15) is 4.79 Å². The van der Waals surface area contributed by atoms with Gasteiger partial charge in [-0.2, -0.15) is 0 Å². The Kier molecular flexibility index (Phi) is 3.19. The number of rotatable bonds is 2. The highest BCUT2D eigenvalue weighted by Crippen LogP contribution is 2.33. The van der Waals surface area contributed by atoms with Crippen LogP contribution in [0.15, 0.2) is 35.3 Å². The van der Waals surface area contributed by atoms with Crippen LogP contribution in [0.3, 0.4) is 0 Å². The smallest absolute Gasteiger partial charge is 0.185 e. The zero-order valence-electron chi connectivity index (χ0n) is 12.7. The summed E-state index contributed by atoms with van der Waals surface area (Å²) in [6.45, 7) is 4.29. The molecule has 0 saturated carbocycles. The summed E-state index contributed by atoms with van der Waals surface area (Å²) in [7, 11) is 0. The highest BCUT2D eigenvalue weighted by Gasteiger charge is 2.26. The van der Waals surface area contributed by atoms with E-state index in [2.05, 4.69) is 31.1 Å². The second-order valence-electron chi connectivity index (χ2n) is 5.87. The summed E-state index contributed by atoms with van der Waals surface area (Å²) < 4.78 is 4.89. The Bertz CT molecular complexity index is 924. The first-order valence-electron chi connectivity index (χ1n) is 7.35. The molecule has 3 heterocycles. The molecule has 0 fully saturated rings. The van der Waals surface area contributed by atoms with Gasteiger partial charge in [0.2, 0.25) is 0 Å². The van der Waals surface area contributed by atoms with Gasteiger partial charge >= 0.3 is 0 Å². The Morgan fingerprint density at radius 3 is 2.91 bits per heavy atom. The zero-order chi connectivity index (χ0) is 16.1. The summed E-state index contributed by atoms with van der Waals surface area (Å²) in [4.78, 5) is 16.9. The Morgan fingerprint density at radius 2 is 2.13 bits per heavy atom. The van der Waals surface area contributed by atoms with Crippen molar-refractivity contribution in [3.63, 3.8) is 0 Å². The van der Waals surface area contributed by atoms with Crippen molar-refractivity contribution in [1.82, 2.24) is 24.3 Å². The van der Waals surface area contributed by atoms with Gasteiger partial charge in [-0.1, -0.05) is 29.8 Å². The summed E-state index contributed by atoms with van der Waals surface area (Å²) in [5, 5.41) is 8.27. The number of fused-ring (bicyclic) bond motifs is 5. The second-order valence-corrected chi connectivity index (χ2v) is 6.79. The fourth-order valence-electron chi connectivity index (χ4n) is 2.85. The van der Waals surface area contributed by atoms with Gasteiger partial charge in [0.25, 0.3) is 0 Å². The molecule has 4 rings (SSSR count). The van der Waals surface area contributed by atoms with Crippen molar-refractivity contribution in [2.24, 2.45) is 5.92 Å². The summed E-state index contributed by atoms with van der Waals surface area (Å²) >= 11 is 3.51. The Balaban J connectivity index is 2.01. The zero-order valence-corrected chi connectivity index (χ0v) is 14.3. The van der Waals surface area contributed by atoms with E-state index in [-0.39, 0.29) is 11.7 Å². The number of ketones is 1. The standard InChI is InChI=1S/C16H14BrN5O/c1-9(2)15(23)14-13-6-21-8-19-20-16(21)11-5-10(17)3-4-12(11)22(13)7-18-14/h3-5,7-9H,6H2,1-2H3. The Morgan fingerprint density at radius 1 is 1.30 bits per heavy atom. The maximum atomic E-state index is 12.5. The Hall–Kier alpha value is -2.28. The lowest BCUT2D eigenvalue weighted by Crippen LogP contribution is -2.13. The van der Waals surface area contributed by atoms with Crippen LogP contribution in [-0.4, -0.2) is 30.1 Å². The number of hydrogen-bond donors (Lipinski definition) is 0. The molecule has 0 N–H and O–H groups in total. The third-order valence-corrected chi connectivity index (χ3v) is 4.51. The van der Waals surface area contributed by atoms with E-state index in [4.69, 9.17) is 0 Å². The predicted octanol–water partition coefficient (Wildman–Crippen LogP) is 3.09. The molecule has 3 aromatic rings. The number of aromatic nitrogens is 5. The second kappa shape index (κ2) is 5.13. The molecule has 116 valence electrons. The van der Waals surface area contributed by atoms with Crippen molar-refractivity contribution in [3.8, 4) is 17.1 Å². The minimum absolute atomic E-state index is 0.0499. The lowest BCUT2D eigenvalue weighted by Gasteiger charge is -2.09. The highest BCUT2D eigenvalue weighted by atomic mass is 79.9.